The Labute approximate surface area is 171 Å². The van der Waals surface area contributed by atoms with E-state index in [4.69, 9.17) is 9.72 Å². The zero-order valence-corrected chi connectivity index (χ0v) is 17.7. The van der Waals surface area contributed by atoms with Crippen LogP contribution in [-0.2, 0) is 16.0 Å². The van der Waals surface area contributed by atoms with Crippen LogP contribution in [0.15, 0.2) is 30.3 Å². The molecule has 152 valence electrons. The van der Waals surface area contributed by atoms with E-state index in [1.54, 1.807) is 18.4 Å². The Hall–Kier alpha value is -1.92. The second kappa shape index (κ2) is 10.6. The van der Waals surface area contributed by atoms with Crippen LogP contribution >= 0.6 is 11.3 Å². The van der Waals surface area contributed by atoms with Gasteiger partial charge in [-0.15, -0.1) is 11.3 Å². The summed E-state index contributed by atoms with van der Waals surface area (Å²) < 4.78 is 5.02. The van der Waals surface area contributed by atoms with Gasteiger partial charge in [0.1, 0.15) is 0 Å². The number of hydrogen-bond acceptors (Lipinski definition) is 5. The molecule has 0 aliphatic heterocycles. The number of benzene rings is 1. The molecular formula is C22H31N3O2S. The number of hydrogen-bond donors (Lipinski definition) is 2. The fraction of sp³-hybridized carbons (Fsp3) is 0.545. The first kappa shape index (κ1) is 20.8. The lowest BCUT2D eigenvalue weighted by Gasteiger charge is -2.19. The van der Waals surface area contributed by atoms with E-state index in [9.17, 15) is 4.79 Å². The van der Waals surface area contributed by atoms with Gasteiger partial charge in [-0.3, -0.25) is 4.79 Å². The fourth-order valence-corrected chi connectivity index (χ4v) is 5.05. The van der Waals surface area contributed by atoms with Crippen LogP contribution in [-0.4, -0.2) is 31.2 Å². The van der Waals surface area contributed by atoms with E-state index in [1.807, 2.05) is 18.2 Å². The topological polar surface area (TPSA) is 63.2 Å². The van der Waals surface area contributed by atoms with Gasteiger partial charge in [0.15, 0.2) is 5.13 Å². The maximum atomic E-state index is 12.3. The molecule has 1 aromatic carbocycles. The molecule has 2 unspecified atom stereocenters. The third-order valence-corrected chi connectivity index (χ3v) is 6.32. The molecule has 1 aliphatic rings. The number of carbonyl (C=O) groups is 1. The first-order valence-corrected chi connectivity index (χ1v) is 11.1. The van der Waals surface area contributed by atoms with Crippen molar-refractivity contribution in [2.24, 2.45) is 5.92 Å². The monoisotopic (exact) mass is 401 g/mol. The van der Waals surface area contributed by atoms with Crippen molar-refractivity contribution in [3.05, 3.63) is 40.9 Å². The van der Waals surface area contributed by atoms with E-state index in [2.05, 4.69) is 29.7 Å². The van der Waals surface area contributed by atoms with Crippen LogP contribution in [0.25, 0.3) is 0 Å². The summed E-state index contributed by atoms with van der Waals surface area (Å²) in [5.41, 5.74) is 2.28. The molecule has 6 heteroatoms. The molecule has 0 bridgehead atoms. The molecule has 0 spiro atoms. The molecule has 0 saturated carbocycles. The second-order valence-corrected chi connectivity index (χ2v) is 8.52. The van der Waals surface area contributed by atoms with Crippen LogP contribution in [0.1, 0.15) is 55.5 Å². The fourth-order valence-electron chi connectivity index (χ4n) is 3.91. The van der Waals surface area contributed by atoms with Crippen molar-refractivity contribution in [3.8, 4) is 0 Å². The average molecular weight is 402 g/mol. The molecule has 1 aliphatic carbocycles. The molecule has 1 aromatic heterocycles. The molecule has 2 N–H and O–H groups in total. The van der Waals surface area contributed by atoms with E-state index in [1.165, 1.54) is 29.8 Å². The van der Waals surface area contributed by atoms with E-state index in [-0.39, 0.29) is 5.91 Å². The molecule has 2 atom stereocenters. The number of fused-ring (bicyclic) bond motifs is 1. The van der Waals surface area contributed by atoms with Crippen molar-refractivity contribution in [1.29, 1.82) is 0 Å². The predicted octanol–water partition coefficient (Wildman–Crippen LogP) is 4.88. The highest BCUT2D eigenvalue weighted by Gasteiger charge is 2.36. The Balaban J connectivity index is 1.66. The van der Waals surface area contributed by atoms with Crippen LogP contribution in [0.2, 0.25) is 0 Å². The number of rotatable bonds is 11. The molecule has 1 heterocycles. The number of carbonyl (C=O) groups excluding carboxylic acids is 1. The summed E-state index contributed by atoms with van der Waals surface area (Å²) in [6, 6.07) is 10.2. The molecule has 1 amide bonds. The lowest BCUT2D eigenvalue weighted by molar-refractivity contribution is -0.122. The third kappa shape index (κ3) is 5.55. The van der Waals surface area contributed by atoms with Crippen LogP contribution in [0.4, 0.5) is 10.8 Å². The summed E-state index contributed by atoms with van der Waals surface area (Å²) in [5.74, 6) is 0.872. The van der Waals surface area contributed by atoms with Crippen LogP contribution in [0.5, 0.6) is 0 Å². The Morgan fingerprint density at radius 1 is 1.29 bits per heavy atom. The van der Waals surface area contributed by atoms with Crippen LogP contribution in [0.3, 0.4) is 0 Å². The number of unbranched alkanes of at least 4 members (excludes halogenated alkanes) is 2. The molecule has 3 rings (SSSR count). The summed E-state index contributed by atoms with van der Waals surface area (Å²) in [6.07, 6.45) is 6.28. The van der Waals surface area contributed by atoms with Crippen molar-refractivity contribution in [1.82, 2.24) is 10.3 Å². The minimum Gasteiger partial charge on any atom is -0.383 e. The first-order chi connectivity index (χ1) is 13.7. The molecule has 0 saturated heterocycles. The lowest BCUT2D eigenvalue weighted by atomic mass is 9.87. The van der Waals surface area contributed by atoms with Gasteiger partial charge in [-0.05, 0) is 30.9 Å². The number of ether oxygens (including phenoxy) is 1. The van der Waals surface area contributed by atoms with Gasteiger partial charge in [-0.25, -0.2) is 4.98 Å². The van der Waals surface area contributed by atoms with Gasteiger partial charge in [-0.1, -0.05) is 44.4 Å². The van der Waals surface area contributed by atoms with E-state index in [0.29, 0.717) is 31.4 Å². The van der Waals surface area contributed by atoms with Gasteiger partial charge >= 0.3 is 0 Å². The van der Waals surface area contributed by atoms with Crippen molar-refractivity contribution < 1.29 is 9.53 Å². The standard InChI is InChI=1S/C22H31N3O2S/c1-3-4-6-11-18-16(15-20(26)23-12-13-27-2)14-19-21(18)25-22(28-19)24-17-9-7-5-8-10-17/h5,7-10,16,18H,3-4,6,11-15H2,1-2H3,(H,23,26)(H,24,25). The first-order valence-electron chi connectivity index (χ1n) is 10.3. The van der Waals surface area contributed by atoms with Gasteiger partial charge < -0.3 is 15.4 Å². The Kier molecular flexibility index (Phi) is 7.86. The number of nitrogens with zero attached hydrogens (tertiary/aromatic N) is 1. The number of nitrogens with one attached hydrogen (secondary N) is 2. The van der Waals surface area contributed by atoms with E-state index < -0.39 is 0 Å². The zero-order chi connectivity index (χ0) is 19.8. The Morgan fingerprint density at radius 3 is 2.86 bits per heavy atom. The minimum atomic E-state index is 0.125. The summed E-state index contributed by atoms with van der Waals surface area (Å²) >= 11 is 1.74. The number of thiazole rings is 1. The number of para-hydroxylation sites is 1. The smallest absolute Gasteiger partial charge is 0.220 e. The number of amides is 1. The third-order valence-electron chi connectivity index (χ3n) is 5.32. The normalized spacial score (nSPS) is 18.1. The Morgan fingerprint density at radius 2 is 2.11 bits per heavy atom. The highest BCUT2D eigenvalue weighted by molar-refractivity contribution is 7.15. The van der Waals surface area contributed by atoms with Crippen molar-refractivity contribution >= 4 is 28.1 Å². The molecule has 0 fully saturated rings. The van der Waals surface area contributed by atoms with Crippen molar-refractivity contribution in [3.63, 3.8) is 0 Å². The van der Waals surface area contributed by atoms with E-state index in [0.717, 1.165) is 23.7 Å². The van der Waals surface area contributed by atoms with Gasteiger partial charge in [-0.2, -0.15) is 0 Å². The highest BCUT2D eigenvalue weighted by atomic mass is 32.1. The quantitative estimate of drug-likeness (QED) is 0.527. The lowest BCUT2D eigenvalue weighted by Crippen LogP contribution is -2.29. The Bertz CT molecular complexity index is 747. The number of aromatic nitrogens is 1. The number of methoxy groups -OCH3 is 1. The molecule has 0 radical (unpaired) electrons. The van der Waals surface area contributed by atoms with Crippen LogP contribution in [0, 0.1) is 5.92 Å². The SMILES string of the molecule is CCCCCC1c2nc(Nc3ccccc3)sc2CC1CC(=O)NCCOC. The average Bonchev–Trinajstić information content (AvgIpc) is 3.21. The van der Waals surface area contributed by atoms with Gasteiger partial charge in [0.2, 0.25) is 5.91 Å². The summed E-state index contributed by atoms with van der Waals surface area (Å²) in [4.78, 5) is 18.6. The summed E-state index contributed by atoms with van der Waals surface area (Å²) in [5, 5.41) is 7.35. The molecule has 28 heavy (non-hydrogen) atoms. The van der Waals surface area contributed by atoms with Gasteiger partial charge in [0.25, 0.3) is 0 Å². The summed E-state index contributed by atoms with van der Waals surface area (Å²) in [6.45, 7) is 3.36. The number of anilines is 2. The molecule has 2 aromatic rings. The summed E-state index contributed by atoms with van der Waals surface area (Å²) in [7, 11) is 1.65. The van der Waals surface area contributed by atoms with Gasteiger partial charge in [0.05, 0.1) is 12.3 Å². The molecular weight excluding hydrogens is 370 g/mol. The van der Waals surface area contributed by atoms with E-state index >= 15 is 0 Å². The van der Waals surface area contributed by atoms with Crippen molar-refractivity contribution in [2.45, 2.75) is 51.4 Å². The minimum absolute atomic E-state index is 0.125. The predicted molar refractivity (Wildman–Crippen MR) is 115 cm³/mol. The second-order valence-electron chi connectivity index (χ2n) is 7.43. The zero-order valence-electron chi connectivity index (χ0n) is 16.9. The largest absolute Gasteiger partial charge is 0.383 e. The molecule has 5 nitrogen and oxygen atoms in total. The maximum absolute atomic E-state index is 12.3. The van der Waals surface area contributed by atoms with Crippen molar-refractivity contribution in [2.75, 3.05) is 25.6 Å². The highest BCUT2D eigenvalue weighted by Crippen LogP contribution is 2.46. The van der Waals surface area contributed by atoms with Crippen LogP contribution < -0.4 is 10.6 Å². The maximum Gasteiger partial charge on any atom is 0.220 e. The van der Waals surface area contributed by atoms with Gasteiger partial charge in [0, 0.05) is 36.6 Å².